The molecule has 1 aliphatic heterocycles. The molecule has 0 amide bonds. The number of hydrogen-bond acceptors (Lipinski definition) is 4. The lowest BCUT2D eigenvalue weighted by Gasteiger charge is -2.34. The lowest BCUT2D eigenvalue weighted by Crippen LogP contribution is -2.42. The zero-order valence-electron chi connectivity index (χ0n) is 10.6. The van der Waals surface area contributed by atoms with E-state index < -0.39 is 12.0 Å². The molecule has 0 spiro atoms. The van der Waals surface area contributed by atoms with E-state index in [1.165, 1.54) is 12.4 Å². The van der Waals surface area contributed by atoms with Gasteiger partial charge in [0.05, 0.1) is 0 Å². The number of anilines is 1. The minimum absolute atomic E-state index is 0.148. The SMILES string of the molecule is O=C(O)C1c2ccccc2CCN1c1ncc[nH]c1=O. The van der Waals surface area contributed by atoms with Crippen molar-refractivity contribution in [2.45, 2.75) is 12.5 Å². The van der Waals surface area contributed by atoms with Gasteiger partial charge in [0.15, 0.2) is 11.9 Å². The molecule has 1 aliphatic rings. The van der Waals surface area contributed by atoms with Gasteiger partial charge in [0.1, 0.15) is 0 Å². The summed E-state index contributed by atoms with van der Waals surface area (Å²) < 4.78 is 0. The Morgan fingerprint density at radius 3 is 2.95 bits per heavy atom. The number of nitrogens with one attached hydrogen (secondary N) is 1. The molecule has 0 bridgehead atoms. The fourth-order valence-corrected chi connectivity index (χ4v) is 2.61. The van der Waals surface area contributed by atoms with Gasteiger partial charge in [-0.05, 0) is 17.5 Å². The Hall–Kier alpha value is -2.63. The highest BCUT2D eigenvalue weighted by molar-refractivity contribution is 5.80. The smallest absolute Gasteiger partial charge is 0.331 e. The predicted octanol–water partition coefficient (Wildman–Crippen LogP) is 0.958. The van der Waals surface area contributed by atoms with E-state index >= 15 is 0 Å². The molecule has 1 aromatic heterocycles. The molecule has 0 aliphatic carbocycles. The molecule has 102 valence electrons. The van der Waals surface area contributed by atoms with E-state index in [4.69, 9.17) is 0 Å². The topological polar surface area (TPSA) is 86.3 Å². The van der Waals surface area contributed by atoms with Gasteiger partial charge < -0.3 is 15.0 Å². The van der Waals surface area contributed by atoms with Gasteiger partial charge in [-0.25, -0.2) is 9.78 Å². The van der Waals surface area contributed by atoms with E-state index in [0.717, 1.165) is 11.1 Å². The van der Waals surface area contributed by atoms with Gasteiger partial charge in [0.25, 0.3) is 5.56 Å². The first kappa shape index (κ1) is 12.4. The van der Waals surface area contributed by atoms with Gasteiger partial charge >= 0.3 is 5.97 Å². The lowest BCUT2D eigenvalue weighted by atomic mass is 9.92. The second-order valence-corrected chi connectivity index (χ2v) is 4.62. The number of H-pyrrole nitrogens is 1. The van der Waals surface area contributed by atoms with Gasteiger partial charge in [-0.1, -0.05) is 24.3 Å². The van der Waals surface area contributed by atoms with E-state index in [2.05, 4.69) is 9.97 Å². The van der Waals surface area contributed by atoms with Crippen molar-refractivity contribution < 1.29 is 9.90 Å². The van der Waals surface area contributed by atoms with E-state index in [1.54, 1.807) is 17.0 Å². The second kappa shape index (κ2) is 4.80. The molecule has 3 rings (SSSR count). The first-order chi connectivity index (χ1) is 9.68. The Bertz CT molecular complexity index is 711. The molecule has 2 N–H and O–H groups in total. The standard InChI is InChI=1S/C14H13N3O3/c18-13-12(15-6-7-16-13)17-8-5-9-3-1-2-4-10(9)11(17)14(19)20/h1-4,6-7,11H,5,8H2,(H,16,18)(H,19,20). The number of aromatic nitrogens is 2. The zero-order valence-corrected chi connectivity index (χ0v) is 10.6. The van der Waals surface area contributed by atoms with E-state index in [-0.39, 0.29) is 11.4 Å². The third-order valence-corrected chi connectivity index (χ3v) is 3.48. The van der Waals surface area contributed by atoms with Crippen molar-refractivity contribution in [3.63, 3.8) is 0 Å². The van der Waals surface area contributed by atoms with Crippen molar-refractivity contribution in [1.29, 1.82) is 0 Å². The first-order valence-electron chi connectivity index (χ1n) is 6.29. The van der Waals surface area contributed by atoms with Crippen LogP contribution in [-0.2, 0) is 11.2 Å². The van der Waals surface area contributed by atoms with Crippen LogP contribution in [0, 0.1) is 0 Å². The summed E-state index contributed by atoms with van der Waals surface area (Å²) in [4.78, 5) is 31.6. The minimum atomic E-state index is -0.984. The van der Waals surface area contributed by atoms with Crippen molar-refractivity contribution in [2.75, 3.05) is 11.4 Å². The molecule has 1 atom stereocenters. The third kappa shape index (κ3) is 1.95. The Kier molecular flexibility index (Phi) is 2.98. The number of aliphatic carboxylic acids is 1. The normalized spacial score (nSPS) is 17.6. The van der Waals surface area contributed by atoms with Crippen LogP contribution in [0.1, 0.15) is 17.2 Å². The molecule has 1 unspecified atom stereocenters. The van der Waals surface area contributed by atoms with Crippen LogP contribution in [0.25, 0.3) is 0 Å². The molecule has 0 saturated carbocycles. The number of hydrogen-bond donors (Lipinski definition) is 2. The van der Waals surface area contributed by atoms with Crippen LogP contribution >= 0.6 is 0 Å². The number of fused-ring (bicyclic) bond motifs is 1. The number of carbonyl (C=O) groups is 1. The van der Waals surface area contributed by atoms with Crippen LogP contribution < -0.4 is 10.5 Å². The Morgan fingerprint density at radius 1 is 1.40 bits per heavy atom. The van der Waals surface area contributed by atoms with Crippen LogP contribution in [-0.4, -0.2) is 27.6 Å². The summed E-state index contributed by atoms with van der Waals surface area (Å²) >= 11 is 0. The van der Waals surface area contributed by atoms with Crippen molar-refractivity contribution in [3.05, 3.63) is 58.1 Å². The Balaban J connectivity index is 2.12. The molecular weight excluding hydrogens is 258 g/mol. The second-order valence-electron chi connectivity index (χ2n) is 4.62. The van der Waals surface area contributed by atoms with Crippen LogP contribution in [0.2, 0.25) is 0 Å². The number of benzene rings is 1. The molecule has 6 nitrogen and oxygen atoms in total. The molecular formula is C14H13N3O3. The summed E-state index contributed by atoms with van der Waals surface area (Å²) in [6.07, 6.45) is 3.58. The number of carboxylic acid groups (broad SMARTS) is 1. The van der Waals surface area contributed by atoms with Gasteiger partial charge in [-0.2, -0.15) is 0 Å². The quantitative estimate of drug-likeness (QED) is 0.849. The number of carboxylic acids is 1. The number of rotatable bonds is 2. The largest absolute Gasteiger partial charge is 0.479 e. The van der Waals surface area contributed by atoms with E-state index in [0.29, 0.717) is 13.0 Å². The van der Waals surface area contributed by atoms with Crippen LogP contribution in [0.4, 0.5) is 5.82 Å². The molecule has 6 heteroatoms. The highest BCUT2D eigenvalue weighted by Gasteiger charge is 2.34. The van der Waals surface area contributed by atoms with Gasteiger partial charge in [-0.15, -0.1) is 0 Å². The maximum Gasteiger partial charge on any atom is 0.331 e. The summed E-state index contributed by atoms with van der Waals surface area (Å²) in [5, 5.41) is 9.53. The first-order valence-corrected chi connectivity index (χ1v) is 6.29. The molecule has 0 radical (unpaired) electrons. The maximum absolute atomic E-state index is 11.8. The van der Waals surface area contributed by atoms with Crippen LogP contribution in [0.3, 0.4) is 0 Å². The molecule has 0 saturated heterocycles. The zero-order chi connectivity index (χ0) is 14.1. The summed E-state index contributed by atoms with van der Waals surface area (Å²) in [5.74, 6) is -0.836. The van der Waals surface area contributed by atoms with Crippen molar-refractivity contribution in [1.82, 2.24) is 9.97 Å². The van der Waals surface area contributed by atoms with Crippen LogP contribution in [0.15, 0.2) is 41.5 Å². The third-order valence-electron chi connectivity index (χ3n) is 3.48. The fraction of sp³-hybridized carbons (Fsp3) is 0.214. The molecule has 1 aromatic carbocycles. The average molecular weight is 271 g/mol. The van der Waals surface area contributed by atoms with Gasteiger partial charge in [0.2, 0.25) is 0 Å². The summed E-state index contributed by atoms with van der Waals surface area (Å²) in [6.45, 7) is 0.452. The van der Waals surface area contributed by atoms with Crippen molar-refractivity contribution in [3.8, 4) is 0 Å². The predicted molar refractivity (Wildman–Crippen MR) is 72.7 cm³/mol. The molecule has 20 heavy (non-hydrogen) atoms. The summed E-state index contributed by atoms with van der Waals surface area (Å²) in [7, 11) is 0. The van der Waals surface area contributed by atoms with E-state index in [9.17, 15) is 14.7 Å². The fourth-order valence-electron chi connectivity index (χ4n) is 2.61. The van der Waals surface area contributed by atoms with Gasteiger partial charge in [0, 0.05) is 18.9 Å². The molecule has 0 fully saturated rings. The van der Waals surface area contributed by atoms with E-state index in [1.807, 2.05) is 12.1 Å². The van der Waals surface area contributed by atoms with Crippen LogP contribution in [0.5, 0.6) is 0 Å². The summed E-state index contributed by atoms with van der Waals surface area (Å²) in [5.41, 5.74) is 1.35. The lowest BCUT2D eigenvalue weighted by molar-refractivity contribution is -0.138. The highest BCUT2D eigenvalue weighted by Crippen LogP contribution is 2.31. The summed E-state index contributed by atoms with van der Waals surface area (Å²) in [6, 6.07) is 6.53. The average Bonchev–Trinajstić information content (AvgIpc) is 2.46. The van der Waals surface area contributed by atoms with Crippen molar-refractivity contribution in [2.24, 2.45) is 0 Å². The highest BCUT2D eigenvalue weighted by atomic mass is 16.4. The number of nitrogens with zero attached hydrogens (tertiary/aromatic N) is 2. The monoisotopic (exact) mass is 271 g/mol. The maximum atomic E-state index is 11.8. The molecule has 2 heterocycles. The molecule has 2 aromatic rings. The number of aromatic amines is 1. The van der Waals surface area contributed by atoms with Gasteiger partial charge in [-0.3, -0.25) is 4.79 Å². The minimum Gasteiger partial charge on any atom is -0.479 e. The van der Waals surface area contributed by atoms with Crippen molar-refractivity contribution >= 4 is 11.8 Å². The Morgan fingerprint density at radius 2 is 2.20 bits per heavy atom. The Labute approximate surface area is 114 Å².